The fourth-order valence-corrected chi connectivity index (χ4v) is 4.71. The highest BCUT2D eigenvalue weighted by molar-refractivity contribution is 7.91. The van der Waals surface area contributed by atoms with E-state index in [0.717, 1.165) is 24.3 Å². The molecule has 1 unspecified atom stereocenters. The van der Waals surface area contributed by atoms with Crippen LogP contribution in [0.4, 0.5) is 5.13 Å². The first kappa shape index (κ1) is 15.3. The summed E-state index contributed by atoms with van der Waals surface area (Å²) in [7, 11) is -1.76. The third-order valence-corrected chi connectivity index (χ3v) is 6.04. The Morgan fingerprint density at radius 3 is 2.90 bits per heavy atom. The predicted molar refractivity (Wildman–Crippen MR) is 75.0 cm³/mol. The van der Waals surface area contributed by atoms with Gasteiger partial charge in [-0.2, -0.15) is 4.31 Å². The Kier molecular flexibility index (Phi) is 4.68. The molecular weight excluding hydrogens is 302 g/mol. The maximum Gasteiger partial charge on any atom is 0.272 e. The van der Waals surface area contributed by atoms with Crippen molar-refractivity contribution in [3.8, 4) is 0 Å². The Bertz CT molecular complexity index is 585. The molecule has 1 fully saturated rings. The molecule has 0 aromatic carbocycles. The average Bonchev–Trinajstić information content (AvgIpc) is 2.98. The number of hydrogen-bond donors (Lipinski definition) is 2. The van der Waals surface area contributed by atoms with Gasteiger partial charge in [0, 0.05) is 20.0 Å². The molecule has 2 heterocycles. The summed E-state index contributed by atoms with van der Waals surface area (Å²) in [5.74, 6) is 0.0119. The molecular formula is C10H17N5O3S2. The highest BCUT2D eigenvalue weighted by Gasteiger charge is 2.34. The predicted octanol–water partition coefficient (Wildman–Crippen LogP) is -0.273. The second-order valence-electron chi connectivity index (χ2n) is 4.63. The van der Waals surface area contributed by atoms with Crippen LogP contribution in [0.1, 0.15) is 13.3 Å². The molecule has 1 aromatic heterocycles. The number of anilines is 1. The molecule has 0 spiro atoms. The van der Waals surface area contributed by atoms with Gasteiger partial charge in [0.05, 0.1) is 0 Å². The van der Waals surface area contributed by atoms with E-state index in [0.29, 0.717) is 19.0 Å². The normalized spacial score (nSPS) is 20.2. The zero-order chi connectivity index (χ0) is 14.8. The molecule has 2 rings (SSSR count). The Balaban J connectivity index is 2.11. The standard InChI is InChI=1S/C10H17N5O3S2/c1-7(16)12-9-13-14-10(19-9)20(17,18)15-4-3-8(6-15)5-11-2/h8,11H,3-6H2,1-2H3,(H,12,13,16). The number of sulfonamides is 1. The summed E-state index contributed by atoms with van der Waals surface area (Å²) in [6.45, 7) is 3.10. The van der Waals surface area contributed by atoms with Gasteiger partial charge in [0.15, 0.2) is 0 Å². The molecule has 1 aliphatic rings. The van der Waals surface area contributed by atoms with E-state index in [4.69, 9.17) is 0 Å². The third-order valence-electron chi connectivity index (χ3n) is 2.99. The topological polar surface area (TPSA) is 104 Å². The van der Waals surface area contributed by atoms with Gasteiger partial charge in [0.2, 0.25) is 15.4 Å². The van der Waals surface area contributed by atoms with E-state index in [-0.39, 0.29) is 15.4 Å². The monoisotopic (exact) mass is 319 g/mol. The van der Waals surface area contributed by atoms with Gasteiger partial charge in [-0.05, 0) is 25.9 Å². The molecule has 1 saturated heterocycles. The second-order valence-corrected chi connectivity index (χ2v) is 7.72. The van der Waals surface area contributed by atoms with Crippen LogP contribution < -0.4 is 10.6 Å². The van der Waals surface area contributed by atoms with Crippen LogP contribution in [0.2, 0.25) is 0 Å². The highest BCUT2D eigenvalue weighted by Crippen LogP contribution is 2.27. The Hall–Kier alpha value is -1.10. The Morgan fingerprint density at radius 1 is 1.50 bits per heavy atom. The zero-order valence-electron chi connectivity index (χ0n) is 11.3. The lowest BCUT2D eigenvalue weighted by Crippen LogP contribution is -2.30. The van der Waals surface area contributed by atoms with Crippen molar-refractivity contribution >= 4 is 32.4 Å². The minimum atomic E-state index is -3.61. The number of nitrogens with one attached hydrogen (secondary N) is 2. The van der Waals surface area contributed by atoms with E-state index in [2.05, 4.69) is 20.8 Å². The lowest BCUT2D eigenvalue weighted by atomic mass is 10.1. The maximum atomic E-state index is 12.4. The SMILES string of the molecule is CNCC1CCN(S(=O)(=O)c2nnc(NC(C)=O)s2)C1. The number of nitrogens with zero attached hydrogens (tertiary/aromatic N) is 3. The molecule has 8 nitrogen and oxygen atoms in total. The molecule has 112 valence electrons. The van der Waals surface area contributed by atoms with Crippen LogP contribution in [0, 0.1) is 5.92 Å². The highest BCUT2D eigenvalue weighted by atomic mass is 32.2. The summed E-state index contributed by atoms with van der Waals surface area (Å²) in [5, 5.41) is 13.0. The summed E-state index contributed by atoms with van der Waals surface area (Å²) in [6.07, 6.45) is 0.831. The molecule has 1 amide bonds. The zero-order valence-corrected chi connectivity index (χ0v) is 12.9. The van der Waals surface area contributed by atoms with Gasteiger partial charge >= 0.3 is 0 Å². The van der Waals surface area contributed by atoms with Crippen LogP contribution in [-0.4, -0.2) is 55.5 Å². The molecule has 0 bridgehead atoms. The average molecular weight is 319 g/mol. The number of hydrogen-bond acceptors (Lipinski definition) is 7. The molecule has 1 aromatic rings. The van der Waals surface area contributed by atoms with Crippen molar-refractivity contribution in [1.82, 2.24) is 19.8 Å². The summed E-state index contributed by atoms with van der Waals surface area (Å²) < 4.78 is 26.1. The van der Waals surface area contributed by atoms with Gasteiger partial charge in [-0.25, -0.2) is 8.42 Å². The van der Waals surface area contributed by atoms with E-state index >= 15 is 0 Å². The van der Waals surface area contributed by atoms with Crippen LogP contribution in [0.5, 0.6) is 0 Å². The van der Waals surface area contributed by atoms with Crippen LogP contribution in [0.3, 0.4) is 0 Å². The Labute approximate surface area is 121 Å². The fourth-order valence-electron chi connectivity index (χ4n) is 2.10. The van der Waals surface area contributed by atoms with Gasteiger partial charge < -0.3 is 10.6 Å². The summed E-state index contributed by atoms with van der Waals surface area (Å²) in [6, 6.07) is 0. The number of carbonyl (C=O) groups is 1. The van der Waals surface area contributed by atoms with E-state index in [1.54, 1.807) is 0 Å². The molecule has 2 N–H and O–H groups in total. The van der Waals surface area contributed by atoms with Crippen LogP contribution >= 0.6 is 11.3 Å². The number of aromatic nitrogens is 2. The van der Waals surface area contributed by atoms with Crippen LogP contribution in [0.15, 0.2) is 4.34 Å². The first-order valence-electron chi connectivity index (χ1n) is 6.19. The first-order valence-corrected chi connectivity index (χ1v) is 8.45. The lowest BCUT2D eigenvalue weighted by Gasteiger charge is -2.14. The molecule has 20 heavy (non-hydrogen) atoms. The lowest BCUT2D eigenvalue weighted by molar-refractivity contribution is -0.114. The van der Waals surface area contributed by atoms with Gasteiger partial charge in [0.25, 0.3) is 10.0 Å². The largest absolute Gasteiger partial charge is 0.319 e. The maximum absolute atomic E-state index is 12.4. The van der Waals surface area contributed by atoms with Crippen molar-refractivity contribution in [3.63, 3.8) is 0 Å². The smallest absolute Gasteiger partial charge is 0.272 e. The molecule has 10 heteroatoms. The van der Waals surface area contributed by atoms with Crippen LogP contribution in [0.25, 0.3) is 0 Å². The molecule has 0 aliphatic carbocycles. The molecule has 0 radical (unpaired) electrons. The van der Waals surface area contributed by atoms with Gasteiger partial charge in [-0.3, -0.25) is 4.79 Å². The van der Waals surface area contributed by atoms with Gasteiger partial charge in [-0.15, -0.1) is 10.2 Å². The number of carbonyl (C=O) groups excluding carboxylic acids is 1. The van der Waals surface area contributed by atoms with Crippen molar-refractivity contribution in [3.05, 3.63) is 0 Å². The van der Waals surface area contributed by atoms with Gasteiger partial charge in [-0.1, -0.05) is 11.3 Å². The Morgan fingerprint density at radius 2 is 2.25 bits per heavy atom. The van der Waals surface area contributed by atoms with E-state index < -0.39 is 10.0 Å². The minimum Gasteiger partial charge on any atom is -0.319 e. The first-order chi connectivity index (χ1) is 9.43. The summed E-state index contributed by atoms with van der Waals surface area (Å²) >= 11 is 0.870. The second kappa shape index (κ2) is 6.12. The summed E-state index contributed by atoms with van der Waals surface area (Å²) in [5.41, 5.74) is 0. The van der Waals surface area contributed by atoms with E-state index in [1.807, 2.05) is 7.05 Å². The van der Waals surface area contributed by atoms with E-state index in [1.165, 1.54) is 11.2 Å². The fraction of sp³-hybridized carbons (Fsp3) is 0.700. The molecule has 0 saturated carbocycles. The van der Waals surface area contributed by atoms with Crippen molar-refractivity contribution in [2.24, 2.45) is 5.92 Å². The third kappa shape index (κ3) is 3.32. The van der Waals surface area contributed by atoms with Crippen LogP contribution in [-0.2, 0) is 14.8 Å². The number of amides is 1. The minimum absolute atomic E-state index is 0.0774. The summed E-state index contributed by atoms with van der Waals surface area (Å²) in [4.78, 5) is 10.9. The van der Waals surface area contributed by atoms with Gasteiger partial charge in [0.1, 0.15) is 0 Å². The number of rotatable bonds is 5. The van der Waals surface area contributed by atoms with Crippen molar-refractivity contribution < 1.29 is 13.2 Å². The van der Waals surface area contributed by atoms with Crippen molar-refractivity contribution in [2.45, 2.75) is 17.7 Å². The molecule has 1 aliphatic heterocycles. The van der Waals surface area contributed by atoms with E-state index in [9.17, 15) is 13.2 Å². The van der Waals surface area contributed by atoms with Crippen molar-refractivity contribution in [2.75, 3.05) is 32.0 Å². The molecule has 1 atom stereocenters. The quantitative estimate of drug-likeness (QED) is 0.724. The van der Waals surface area contributed by atoms with Crippen molar-refractivity contribution in [1.29, 1.82) is 0 Å².